The van der Waals surface area contributed by atoms with Crippen molar-refractivity contribution in [2.45, 2.75) is 44.8 Å². The Kier molecular flexibility index (Phi) is 8.10. The van der Waals surface area contributed by atoms with Gasteiger partial charge in [0.15, 0.2) is 0 Å². The molecule has 8 heteroatoms. The van der Waals surface area contributed by atoms with E-state index in [0.29, 0.717) is 18.7 Å². The van der Waals surface area contributed by atoms with Crippen molar-refractivity contribution in [2.24, 2.45) is 0 Å². The number of unbranched alkanes of at least 4 members (excludes halogenated alkanes) is 3. The highest BCUT2D eigenvalue weighted by molar-refractivity contribution is 7.92. The van der Waals surface area contributed by atoms with Crippen LogP contribution in [0.5, 0.6) is 0 Å². The van der Waals surface area contributed by atoms with Crippen molar-refractivity contribution in [2.75, 3.05) is 19.6 Å². The summed E-state index contributed by atoms with van der Waals surface area (Å²) in [6, 6.07) is 4.06. The largest absolute Gasteiger partial charge is 0.416 e. The average Bonchev–Trinajstić information content (AvgIpc) is 2.67. The van der Waals surface area contributed by atoms with Gasteiger partial charge in [-0.3, -0.25) is 0 Å². The van der Waals surface area contributed by atoms with Crippen LogP contribution in [0.1, 0.15) is 49.8 Å². The molecule has 154 valence electrons. The number of benzene rings is 1. The van der Waals surface area contributed by atoms with Crippen molar-refractivity contribution in [1.82, 2.24) is 9.62 Å². The minimum Gasteiger partial charge on any atom is -0.313 e. The van der Waals surface area contributed by atoms with Crippen molar-refractivity contribution in [3.63, 3.8) is 0 Å². The molecule has 0 aromatic heterocycles. The summed E-state index contributed by atoms with van der Waals surface area (Å²) in [5.41, 5.74) is -0.240. The maximum atomic E-state index is 12.8. The molecule has 1 aromatic carbocycles. The van der Waals surface area contributed by atoms with Crippen molar-refractivity contribution >= 4 is 10.0 Å². The normalized spacial score (nSPS) is 18.8. The van der Waals surface area contributed by atoms with Crippen LogP contribution < -0.4 is 5.32 Å². The zero-order chi connectivity index (χ0) is 20.6. The molecule has 28 heavy (non-hydrogen) atoms. The number of rotatable bonds is 6. The van der Waals surface area contributed by atoms with Crippen LogP contribution in [0, 0.1) is 11.8 Å². The fourth-order valence-electron chi connectivity index (χ4n) is 2.96. The van der Waals surface area contributed by atoms with Crippen LogP contribution in [0.25, 0.3) is 0 Å². The lowest BCUT2D eigenvalue weighted by Crippen LogP contribution is -2.48. The first-order valence-corrected chi connectivity index (χ1v) is 10.8. The molecule has 0 spiro atoms. The summed E-state index contributed by atoms with van der Waals surface area (Å²) in [5, 5.41) is 4.17. The average molecular weight is 414 g/mol. The Balaban J connectivity index is 2.13. The molecule has 1 heterocycles. The number of sulfonamides is 1. The van der Waals surface area contributed by atoms with Gasteiger partial charge in [-0.25, -0.2) is 8.42 Å². The number of allylic oxidation sites excluding steroid dienone is 1. The minimum absolute atomic E-state index is 0.238. The smallest absolute Gasteiger partial charge is 0.313 e. The number of hydrogen-bond donors (Lipinski definition) is 1. The predicted molar refractivity (Wildman–Crippen MR) is 104 cm³/mol. The maximum Gasteiger partial charge on any atom is 0.416 e. The standard InChI is InChI=1S/C20H25F3N2O2S/c1-2-3-4-5-6-7-8-15-28(26,27)25-14-13-24-16-19(25)17-9-11-18(12-10-17)20(21,22)23/h8-12,15,19,24H,2-5,13-14,16H2,1H3/b15-8+. The van der Waals surface area contributed by atoms with Crippen LogP contribution in [-0.4, -0.2) is 32.4 Å². The SMILES string of the molecule is CCCCCC#C/C=C/S(=O)(=O)N1CCNCC1c1ccc(C(F)(F)F)cc1. The first kappa shape index (κ1) is 22.5. The maximum absolute atomic E-state index is 12.8. The highest BCUT2D eigenvalue weighted by Crippen LogP contribution is 2.32. The summed E-state index contributed by atoms with van der Waals surface area (Å²) >= 11 is 0. The molecule has 0 saturated carbocycles. The van der Waals surface area contributed by atoms with E-state index >= 15 is 0 Å². The van der Waals surface area contributed by atoms with Crippen molar-refractivity contribution in [3.05, 3.63) is 46.9 Å². The second kappa shape index (κ2) is 10.1. The molecule has 4 nitrogen and oxygen atoms in total. The lowest BCUT2D eigenvalue weighted by atomic mass is 10.0. The number of nitrogens with zero attached hydrogens (tertiary/aromatic N) is 1. The van der Waals surface area contributed by atoms with E-state index in [0.717, 1.165) is 43.2 Å². The molecular weight excluding hydrogens is 389 g/mol. The van der Waals surface area contributed by atoms with Crippen LogP contribution in [0.2, 0.25) is 0 Å². The van der Waals surface area contributed by atoms with Crippen LogP contribution in [0.3, 0.4) is 0 Å². The first-order chi connectivity index (χ1) is 13.3. The summed E-state index contributed by atoms with van der Waals surface area (Å²) in [6.07, 6.45) is 0.797. The second-order valence-electron chi connectivity index (χ2n) is 6.58. The van der Waals surface area contributed by atoms with Gasteiger partial charge in [0, 0.05) is 32.1 Å². The number of hydrogen-bond acceptors (Lipinski definition) is 3. The van der Waals surface area contributed by atoms with Gasteiger partial charge in [-0.15, -0.1) is 0 Å². The molecular formula is C20H25F3N2O2S. The molecule has 0 aliphatic carbocycles. The molecule has 1 atom stereocenters. The predicted octanol–water partition coefficient (Wildman–Crippen LogP) is 4.08. The van der Waals surface area contributed by atoms with Crippen molar-refractivity contribution < 1.29 is 21.6 Å². The Bertz CT molecular complexity index is 822. The first-order valence-electron chi connectivity index (χ1n) is 9.30. The lowest BCUT2D eigenvalue weighted by Gasteiger charge is -2.34. The van der Waals surface area contributed by atoms with Crippen LogP contribution in [0.15, 0.2) is 35.7 Å². The van der Waals surface area contributed by atoms with Crippen molar-refractivity contribution in [3.8, 4) is 11.8 Å². The topological polar surface area (TPSA) is 49.4 Å². The fraction of sp³-hybridized carbons (Fsp3) is 0.500. The van der Waals surface area contributed by atoms with E-state index < -0.39 is 27.8 Å². The zero-order valence-corrected chi connectivity index (χ0v) is 16.6. The third-order valence-electron chi connectivity index (χ3n) is 4.47. The second-order valence-corrected chi connectivity index (χ2v) is 8.35. The van der Waals surface area contributed by atoms with E-state index in [2.05, 4.69) is 24.1 Å². The van der Waals surface area contributed by atoms with E-state index in [1.165, 1.54) is 22.5 Å². The molecule has 1 unspecified atom stereocenters. The Hall–Kier alpha value is -1.82. The molecule has 1 aromatic rings. The number of halogens is 3. The molecule has 0 amide bonds. The van der Waals surface area contributed by atoms with Gasteiger partial charge in [0.2, 0.25) is 10.0 Å². The Morgan fingerprint density at radius 2 is 1.96 bits per heavy atom. The summed E-state index contributed by atoms with van der Waals surface area (Å²) in [6.45, 7) is 3.15. The molecule has 2 rings (SSSR count). The quantitative estimate of drug-likeness (QED) is 0.564. The Labute approximate surface area is 164 Å². The van der Waals surface area contributed by atoms with E-state index in [9.17, 15) is 21.6 Å². The van der Waals surface area contributed by atoms with Gasteiger partial charge in [0.1, 0.15) is 0 Å². The van der Waals surface area contributed by atoms with Gasteiger partial charge >= 0.3 is 6.18 Å². The molecule has 1 aliphatic rings. The van der Waals surface area contributed by atoms with Gasteiger partial charge in [-0.05, 0) is 24.1 Å². The summed E-state index contributed by atoms with van der Waals surface area (Å²) in [5.74, 6) is 5.66. The van der Waals surface area contributed by atoms with E-state index in [1.54, 1.807) is 0 Å². The van der Waals surface area contributed by atoms with Crippen LogP contribution in [0.4, 0.5) is 13.2 Å². The van der Waals surface area contributed by atoms with E-state index in [4.69, 9.17) is 0 Å². The summed E-state index contributed by atoms with van der Waals surface area (Å²) in [7, 11) is -3.73. The van der Waals surface area contributed by atoms with Crippen molar-refractivity contribution in [1.29, 1.82) is 0 Å². The molecule has 0 radical (unpaired) electrons. The van der Waals surface area contributed by atoms with Crippen LogP contribution in [-0.2, 0) is 16.2 Å². The number of piperazine rings is 1. The van der Waals surface area contributed by atoms with Gasteiger partial charge in [0.05, 0.1) is 17.0 Å². The molecule has 1 fully saturated rings. The minimum atomic E-state index is -4.42. The molecule has 0 bridgehead atoms. The Morgan fingerprint density at radius 1 is 1.25 bits per heavy atom. The van der Waals surface area contributed by atoms with Gasteiger partial charge in [-0.2, -0.15) is 17.5 Å². The summed E-state index contributed by atoms with van der Waals surface area (Å²) in [4.78, 5) is 0. The highest BCUT2D eigenvalue weighted by atomic mass is 32.2. The number of alkyl halides is 3. The van der Waals surface area contributed by atoms with Crippen LogP contribution >= 0.6 is 0 Å². The molecule has 1 saturated heterocycles. The third-order valence-corrected chi connectivity index (χ3v) is 6.05. The molecule has 1 N–H and O–H groups in total. The van der Waals surface area contributed by atoms with E-state index in [-0.39, 0.29) is 6.54 Å². The third kappa shape index (κ3) is 6.36. The van der Waals surface area contributed by atoms with Gasteiger partial charge in [-0.1, -0.05) is 43.7 Å². The van der Waals surface area contributed by atoms with E-state index in [1.807, 2.05) is 0 Å². The Morgan fingerprint density at radius 3 is 2.61 bits per heavy atom. The van der Waals surface area contributed by atoms with Gasteiger partial charge < -0.3 is 5.32 Å². The number of nitrogens with one attached hydrogen (secondary N) is 1. The van der Waals surface area contributed by atoms with Gasteiger partial charge in [0.25, 0.3) is 0 Å². The molecule has 1 aliphatic heterocycles. The zero-order valence-electron chi connectivity index (χ0n) is 15.8. The summed E-state index contributed by atoms with van der Waals surface area (Å²) < 4.78 is 65.0. The monoisotopic (exact) mass is 414 g/mol. The highest BCUT2D eigenvalue weighted by Gasteiger charge is 2.33. The fourth-order valence-corrected chi connectivity index (χ4v) is 4.25. The lowest BCUT2D eigenvalue weighted by molar-refractivity contribution is -0.137.